The molecule has 5 aliphatic rings. The number of allylic oxidation sites excluding steroid dienone is 6. The van der Waals surface area contributed by atoms with Gasteiger partial charge in [-0.2, -0.15) is 0 Å². The van der Waals surface area contributed by atoms with Crippen LogP contribution < -0.4 is 10.1 Å². The Morgan fingerprint density at radius 2 is 1.22 bits per heavy atom. The molecule has 0 amide bonds. The second-order valence-corrected chi connectivity index (χ2v) is 21.2. The molecule has 0 saturated heterocycles. The van der Waals surface area contributed by atoms with Gasteiger partial charge in [-0.05, 0) is 139 Å². The second-order valence-electron chi connectivity index (χ2n) is 19.3. The standard InChI is InChI=1S/C52H66NO5.F6P/c1-35(2)45-29-48(36(3)4)50(49(30-45)37(5)6)34-53-46-16-12-43(13-17-46)41-8-7-9-42(11-10-41)44-14-18-47(19-15-44)57-24-22-55-20-21-56-23-25-58-51(54)52-31-38-26-39(32-52)28-40(27-38)33-52;1-7(2,3,4,5)6/h7,9,11-19,29-30,35-40,53H,8,20-28,31-34H2,1-6H3;/q+1;-1. The first-order chi connectivity index (χ1) is 30.5. The molecule has 0 aliphatic heterocycles. The number of carbonyl (C=O) groups excluding carboxylic acids is 1. The summed E-state index contributed by atoms with van der Waals surface area (Å²) < 4.78 is 82.2. The van der Waals surface area contributed by atoms with Gasteiger partial charge in [-0.1, -0.05) is 59.8 Å². The third-order valence-corrected chi connectivity index (χ3v) is 13.0. The number of halogens is 6. The zero-order valence-electron chi connectivity index (χ0n) is 38.6. The third kappa shape index (κ3) is 15.4. The van der Waals surface area contributed by atoms with E-state index in [0.29, 0.717) is 57.4 Å². The number of rotatable bonds is 19. The zero-order valence-corrected chi connectivity index (χ0v) is 39.5. The fourth-order valence-electron chi connectivity index (χ4n) is 10.2. The molecule has 0 aromatic heterocycles. The molecule has 3 aromatic rings. The van der Waals surface area contributed by atoms with Crippen molar-refractivity contribution < 1.29 is 48.9 Å². The number of anilines is 1. The molecule has 3 aromatic carbocycles. The average molecular weight is 930 g/mol. The van der Waals surface area contributed by atoms with Crippen LogP contribution in [0.3, 0.4) is 0 Å². The minimum atomic E-state index is -10.7. The van der Waals surface area contributed by atoms with E-state index in [2.05, 4.69) is 120 Å². The van der Waals surface area contributed by atoms with E-state index < -0.39 is 7.81 Å². The van der Waals surface area contributed by atoms with Crippen molar-refractivity contribution in [3.63, 3.8) is 0 Å². The predicted octanol–water partition coefficient (Wildman–Crippen LogP) is 15.5. The Kier molecular flexibility index (Phi) is 15.7. The quantitative estimate of drug-likeness (QED) is 0.0425. The van der Waals surface area contributed by atoms with Crippen LogP contribution in [0.15, 0.2) is 78.9 Å². The maximum atomic E-state index is 13.0. The maximum absolute atomic E-state index is 13.0. The molecule has 8 rings (SSSR count). The number of hydrogen-bond donors (Lipinski definition) is 1. The Hall–Kier alpha value is -4.21. The number of hydrogen-bond acceptors (Lipinski definition) is 6. The van der Waals surface area contributed by atoms with Crippen molar-refractivity contribution in [2.75, 3.05) is 45.0 Å². The first kappa shape index (κ1) is 50.2. The predicted molar refractivity (Wildman–Crippen MR) is 250 cm³/mol. The molecule has 356 valence electrons. The summed E-state index contributed by atoms with van der Waals surface area (Å²) in [5.74, 6) is 4.51. The van der Waals surface area contributed by atoms with Crippen LogP contribution in [-0.2, 0) is 25.5 Å². The summed E-state index contributed by atoms with van der Waals surface area (Å²) in [5, 5.41) is 3.73. The number of carbonyl (C=O) groups is 1. The molecular formula is C52H66F6NO5P. The van der Waals surface area contributed by atoms with Gasteiger partial charge in [0.05, 0.1) is 43.0 Å². The van der Waals surface area contributed by atoms with Gasteiger partial charge in [-0.15, -0.1) is 0 Å². The molecule has 0 unspecified atom stereocenters. The molecular weight excluding hydrogens is 864 g/mol. The van der Waals surface area contributed by atoms with Crippen LogP contribution in [0.4, 0.5) is 30.9 Å². The summed E-state index contributed by atoms with van der Waals surface area (Å²) in [5.41, 5.74) is 11.3. The van der Waals surface area contributed by atoms with Crippen molar-refractivity contribution in [1.82, 2.24) is 0 Å². The van der Waals surface area contributed by atoms with Gasteiger partial charge in [0.25, 0.3) is 0 Å². The number of nitrogens with one attached hydrogen (secondary N) is 1. The summed E-state index contributed by atoms with van der Waals surface area (Å²) >= 11 is 0. The van der Waals surface area contributed by atoms with Gasteiger partial charge in [0.1, 0.15) is 30.6 Å². The molecule has 0 heterocycles. The molecule has 5 aliphatic carbocycles. The summed E-state index contributed by atoms with van der Waals surface area (Å²) in [7, 11) is -10.7. The molecule has 4 bridgehead atoms. The van der Waals surface area contributed by atoms with Crippen LogP contribution in [0.25, 0.3) is 11.1 Å². The van der Waals surface area contributed by atoms with Crippen molar-refractivity contribution in [1.29, 1.82) is 0 Å². The monoisotopic (exact) mass is 929 g/mol. The number of benzene rings is 3. The van der Waals surface area contributed by atoms with Crippen molar-refractivity contribution >= 4 is 30.6 Å². The first-order valence-electron chi connectivity index (χ1n) is 23.1. The van der Waals surface area contributed by atoms with E-state index in [1.165, 1.54) is 52.7 Å². The minimum absolute atomic E-state index is 0.0220. The Morgan fingerprint density at radius 1 is 0.708 bits per heavy atom. The first-order valence-corrected chi connectivity index (χ1v) is 25.2. The van der Waals surface area contributed by atoms with Crippen molar-refractivity contribution in [2.24, 2.45) is 23.2 Å². The average Bonchev–Trinajstić information content (AvgIpc) is 3.48. The summed E-state index contributed by atoms with van der Waals surface area (Å²) in [4.78, 5) is 13.0. The topological polar surface area (TPSA) is 66.0 Å². The van der Waals surface area contributed by atoms with Crippen LogP contribution in [0, 0.1) is 29.2 Å². The van der Waals surface area contributed by atoms with E-state index in [1.807, 2.05) is 12.1 Å². The SMILES string of the molecule is CC(C)c1cc(C(C)C)c(CNc2ccc(C3=[C+]C=C(c4ccc(OCCOCCOCCOC(=O)C56CC7CC(CC(C7)C5)C6)cc4)C=CC3)cc2)c(C(C)C)c1.F[P-](F)(F)(F)(F)F. The zero-order chi connectivity index (χ0) is 47.1. The van der Waals surface area contributed by atoms with Crippen LogP contribution in [-0.4, -0.2) is 45.6 Å². The van der Waals surface area contributed by atoms with E-state index in [1.54, 1.807) is 0 Å². The van der Waals surface area contributed by atoms with Gasteiger partial charge in [0.2, 0.25) is 0 Å². The summed E-state index contributed by atoms with van der Waals surface area (Å²) in [6.45, 7) is 17.2. The Labute approximate surface area is 381 Å². The second kappa shape index (κ2) is 20.3. The summed E-state index contributed by atoms with van der Waals surface area (Å²) in [6.07, 6.45) is 18.0. The normalized spacial score (nSPS) is 22.3. The third-order valence-electron chi connectivity index (χ3n) is 13.0. The molecule has 0 spiro atoms. The molecule has 4 saturated carbocycles. The Bertz CT molecular complexity index is 2110. The van der Waals surface area contributed by atoms with Gasteiger partial charge >= 0.3 is 39.0 Å². The summed E-state index contributed by atoms with van der Waals surface area (Å²) in [6, 6.07) is 21.8. The van der Waals surface area contributed by atoms with E-state index >= 15 is 0 Å². The van der Waals surface area contributed by atoms with Crippen LogP contribution in [0.5, 0.6) is 5.75 Å². The van der Waals surface area contributed by atoms with Gasteiger partial charge in [0, 0.05) is 42.4 Å². The Balaban J connectivity index is 0.000000925. The van der Waals surface area contributed by atoms with Gasteiger partial charge in [0.15, 0.2) is 0 Å². The van der Waals surface area contributed by atoms with Gasteiger partial charge in [-0.25, -0.2) is 0 Å². The van der Waals surface area contributed by atoms with E-state index in [-0.39, 0.29) is 11.4 Å². The molecule has 0 atom stereocenters. The molecule has 1 N–H and O–H groups in total. The molecule has 13 heteroatoms. The van der Waals surface area contributed by atoms with Crippen molar-refractivity contribution in [2.45, 2.75) is 111 Å². The van der Waals surface area contributed by atoms with E-state index in [9.17, 15) is 30.0 Å². The van der Waals surface area contributed by atoms with Crippen LogP contribution in [0.1, 0.15) is 138 Å². The van der Waals surface area contributed by atoms with Gasteiger partial charge < -0.3 is 24.3 Å². The van der Waals surface area contributed by atoms with Crippen molar-refractivity contribution in [3.8, 4) is 5.75 Å². The number of ether oxygens (including phenoxy) is 4. The Morgan fingerprint density at radius 3 is 1.74 bits per heavy atom. The van der Waals surface area contributed by atoms with Crippen molar-refractivity contribution in [3.05, 3.63) is 118 Å². The molecule has 0 radical (unpaired) electrons. The van der Waals surface area contributed by atoms with Gasteiger partial charge in [-0.3, -0.25) is 4.79 Å². The molecule has 4 fully saturated rings. The molecule has 65 heavy (non-hydrogen) atoms. The van der Waals surface area contributed by atoms with E-state index in [4.69, 9.17) is 18.9 Å². The van der Waals surface area contributed by atoms with Crippen LogP contribution >= 0.6 is 7.81 Å². The number of esters is 1. The van der Waals surface area contributed by atoms with E-state index in [0.717, 1.165) is 72.6 Å². The van der Waals surface area contributed by atoms with Crippen LogP contribution in [0.2, 0.25) is 0 Å². The fraction of sp³-hybridized carbons (Fsp3) is 0.519. The fourth-order valence-corrected chi connectivity index (χ4v) is 10.2. The molecule has 6 nitrogen and oxygen atoms in total.